The van der Waals surface area contributed by atoms with Gasteiger partial charge >= 0.3 is 6.18 Å². The largest absolute Gasteiger partial charge is 0.453 e. The molecule has 2 rings (SSSR count). The van der Waals surface area contributed by atoms with Gasteiger partial charge in [-0.2, -0.15) is 22.8 Å². The molecule has 0 saturated carbocycles. The maximum atomic E-state index is 12.4. The fourth-order valence-electron chi connectivity index (χ4n) is 1.06. The summed E-state index contributed by atoms with van der Waals surface area (Å²) in [7, 11) is 1.69. The Hall–Kier alpha value is -1.22. The summed E-state index contributed by atoms with van der Waals surface area (Å²) in [5.41, 5.74) is 0. The summed E-state index contributed by atoms with van der Waals surface area (Å²) >= 11 is 1.07. The van der Waals surface area contributed by atoms with Gasteiger partial charge in [0.05, 0.1) is 0 Å². The normalized spacial score (nSPS) is 12.5. The number of alkyl halides is 3. The summed E-state index contributed by atoms with van der Waals surface area (Å²) in [4.78, 5) is 0.146. The van der Waals surface area contributed by atoms with Crippen LogP contribution in [-0.2, 0) is 12.7 Å². The van der Waals surface area contributed by atoms with Crippen molar-refractivity contribution in [2.75, 3.05) is 7.05 Å². The topological polar surface area (TPSA) is 55.1 Å². The van der Waals surface area contributed by atoms with Crippen LogP contribution in [0.25, 0.3) is 4.96 Å². The molecule has 0 aromatic carbocycles. The number of hydrogen-bond donors (Lipinski definition) is 1. The van der Waals surface area contributed by atoms with Crippen LogP contribution in [0.3, 0.4) is 0 Å². The number of aromatic nitrogens is 4. The third kappa shape index (κ3) is 1.79. The van der Waals surface area contributed by atoms with Crippen molar-refractivity contribution in [1.29, 1.82) is 0 Å². The van der Waals surface area contributed by atoms with Crippen molar-refractivity contribution in [2.24, 2.45) is 0 Å². The van der Waals surface area contributed by atoms with Crippen LogP contribution in [0.5, 0.6) is 0 Å². The molecule has 0 aliphatic rings. The highest BCUT2D eigenvalue weighted by Gasteiger charge is 2.38. The highest BCUT2D eigenvalue weighted by molar-refractivity contribution is 7.16. The maximum Gasteiger partial charge on any atom is 0.453 e. The van der Waals surface area contributed by atoms with E-state index in [-0.39, 0.29) is 4.96 Å². The van der Waals surface area contributed by atoms with Crippen LogP contribution >= 0.6 is 11.3 Å². The molecule has 82 valence electrons. The molecule has 15 heavy (non-hydrogen) atoms. The quantitative estimate of drug-likeness (QED) is 0.844. The highest BCUT2D eigenvalue weighted by atomic mass is 32.1. The first-order chi connectivity index (χ1) is 7.02. The van der Waals surface area contributed by atoms with Crippen LogP contribution in [-0.4, -0.2) is 26.9 Å². The van der Waals surface area contributed by atoms with Crippen LogP contribution in [0, 0.1) is 0 Å². The van der Waals surface area contributed by atoms with E-state index >= 15 is 0 Å². The Balaban J connectivity index is 2.49. The van der Waals surface area contributed by atoms with E-state index in [0.717, 1.165) is 15.9 Å². The monoisotopic (exact) mass is 237 g/mol. The maximum absolute atomic E-state index is 12.4. The Morgan fingerprint density at radius 1 is 1.40 bits per heavy atom. The van der Waals surface area contributed by atoms with E-state index in [0.29, 0.717) is 11.6 Å². The number of rotatable bonds is 2. The van der Waals surface area contributed by atoms with E-state index in [2.05, 4.69) is 20.6 Å². The van der Waals surface area contributed by atoms with Crippen molar-refractivity contribution >= 4 is 16.3 Å². The van der Waals surface area contributed by atoms with E-state index in [4.69, 9.17) is 0 Å². The minimum Gasteiger partial charge on any atom is -0.313 e. The van der Waals surface area contributed by atoms with Crippen molar-refractivity contribution in [1.82, 2.24) is 25.1 Å². The molecule has 2 aromatic heterocycles. The second kappa shape index (κ2) is 3.42. The van der Waals surface area contributed by atoms with Crippen molar-refractivity contribution in [3.8, 4) is 0 Å². The molecule has 0 unspecified atom stereocenters. The van der Waals surface area contributed by atoms with Gasteiger partial charge in [-0.3, -0.25) is 0 Å². The lowest BCUT2D eigenvalue weighted by molar-refractivity contribution is -0.146. The number of hydrogen-bond acceptors (Lipinski definition) is 5. The van der Waals surface area contributed by atoms with Gasteiger partial charge in [0.15, 0.2) is 0 Å². The molecule has 0 saturated heterocycles. The predicted molar refractivity (Wildman–Crippen MR) is 46.4 cm³/mol. The van der Waals surface area contributed by atoms with Crippen LogP contribution in [0.15, 0.2) is 0 Å². The molecule has 0 radical (unpaired) electrons. The van der Waals surface area contributed by atoms with Crippen LogP contribution < -0.4 is 5.32 Å². The minimum absolute atomic E-state index is 0.146. The first kappa shape index (κ1) is 10.3. The fourth-order valence-corrected chi connectivity index (χ4v) is 1.90. The Morgan fingerprint density at radius 2 is 2.13 bits per heavy atom. The number of fused-ring (bicyclic) bond motifs is 1. The molecule has 2 aromatic rings. The molecular formula is C6H6F3N5S. The molecule has 2 heterocycles. The molecule has 5 nitrogen and oxygen atoms in total. The van der Waals surface area contributed by atoms with E-state index in [1.54, 1.807) is 7.05 Å². The first-order valence-electron chi connectivity index (χ1n) is 3.95. The average molecular weight is 237 g/mol. The third-order valence-corrected chi connectivity index (χ3v) is 2.51. The standard InChI is InChI=1S/C6H6F3N5S/c1-10-2-3-13-14-4(6(7,8)9)11-12-5(14)15-3/h10H,2H2,1H3. The third-order valence-electron chi connectivity index (χ3n) is 1.61. The molecule has 0 aliphatic heterocycles. The van der Waals surface area contributed by atoms with Gasteiger partial charge in [0.1, 0.15) is 5.01 Å². The lowest BCUT2D eigenvalue weighted by atomic mass is 10.6. The summed E-state index contributed by atoms with van der Waals surface area (Å²) < 4.78 is 37.8. The highest BCUT2D eigenvalue weighted by Crippen LogP contribution is 2.28. The van der Waals surface area contributed by atoms with Gasteiger partial charge in [0.25, 0.3) is 5.82 Å². The molecule has 0 fully saturated rings. The molecule has 0 atom stereocenters. The lowest BCUT2D eigenvalue weighted by Gasteiger charge is -1.99. The zero-order valence-corrected chi connectivity index (χ0v) is 8.35. The van der Waals surface area contributed by atoms with E-state index in [1.165, 1.54) is 0 Å². The summed E-state index contributed by atoms with van der Waals surface area (Å²) in [5, 5.41) is 13.5. The first-order valence-corrected chi connectivity index (χ1v) is 4.77. The lowest BCUT2D eigenvalue weighted by Crippen LogP contribution is -2.12. The molecular weight excluding hydrogens is 231 g/mol. The van der Waals surface area contributed by atoms with E-state index < -0.39 is 12.0 Å². The Morgan fingerprint density at radius 3 is 2.73 bits per heavy atom. The Labute approximate surface area is 85.9 Å². The van der Waals surface area contributed by atoms with Crippen molar-refractivity contribution in [3.05, 3.63) is 10.8 Å². The van der Waals surface area contributed by atoms with Gasteiger partial charge in [0, 0.05) is 6.54 Å². The number of nitrogens with zero attached hydrogens (tertiary/aromatic N) is 4. The van der Waals surface area contributed by atoms with Crippen LogP contribution in [0.4, 0.5) is 13.2 Å². The Bertz CT molecular complexity index is 473. The van der Waals surface area contributed by atoms with Crippen LogP contribution in [0.2, 0.25) is 0 Å². The second-order valence-electron chi connectivity index (χ2n) is 2.74. The van der Waals surface area contributed by atoms with Gasteiger partial charge in [0.2, 0.25) is 4.96 Å². The SMILES string of the molecule is CNCc1nn2c(C(F)(F)F)nnc2s1. The van der Waals surface area contributed by atoms with Gasteiger partial charge in [-0.15, -0.1) is 10.2 Å². The van der Waals surface area contributed by atoms with Crippen molar-refractivity contribution in [2.45, 2.75) is 12.7 Å². The number of halogens is 3. The van der Waals surface area contributed by atoms with Crippen molar-refractivity contribution < 1.29 is 13.2 Å². The zero-order valence-electron chi connectivity index (χ0n) is 7.54. The number of nitrogens with one attached hydrogen (secondary N) is 1. The smallest absolute Gasteiger partial charge is 0.313 e. The summed E-state index contributed by atoms with van der Waals surface area (Å²) in [5.74, 6) is -1.09. The van der Waals surface area contributed by atoms with Gasteiger partial charge in [-0.1, -0.05) is 11.3 Å². The Kier molecular flexibility index (Phi) is 2.35. The van der Waals surface area contributed by atoms with E-state index in [9.17, 15) is 13.2 Å². The van der Waals surface area contributed by atoms with Crippen LogP contribution in [0.1, 0.15) is 10.8 Å². The fraction of sp³-hybridized carbons (Fsp3) is 0.500. The molecule has 0 spiro atoms. The average Bonchev–Trinajstić information content (AvgIpc) is 2.60. The molecule has 0 aliphatic carbocycles. The zero-order chi connectivity index (χ0) is 11.1. The summed E-state index contributed by atoms with van der Waals surface area (Å²) in [6.07, 6.45) is -4.52. The minimum atomic E-state index is -4.52. The summed E-state index contributed by atoms with van der Waals surface area (Å²) in [6, 6.07) is 0. The second-order valence-corrected chi connectivity index (χ2v) is 3.78. The van der Waals surface area contributed by atoms with Crippen molar-refractivity contribution in [3.63, 3.8) is 0 Å². The van der Waals surface area contributed by atoms with Gasteiger partial charge in [-0.05, 0) is 7.05 Å². The molecule has 0 amide bonds. The molecule has 1 N–H and O–H groups in total. The van der Waals surface area contributed by atoms with E-state index in [1.807, 2.05) is 0 Å². The summed E-state index contributed by atoms with van der Waals surface area (Å²) in [6.45, 7) is 0.408. The van der Waals surface area contributed by atoms with Gasteiger partial charge < -0.3 is 5.32 Å². The predicted octanol–water partition coefficient (Wildman–Crippen LogP) is 0.924. The van der Waals surface area contributed by atoms with Gasteiger partial charge in [-0.25, -0.2) is 0 Å². The molecule has 9 heteroatoms. The molecule has 0 bridgehead atoms.